The van der Waals surface area contributed by atoms with E-state index in [-0.39, 0.29) is 11.6 Å². The standard InChI is InChI=1S/C28H21ClN2O2S/c1-33-21-13-6-17(7-14-21)16-24-27(32)31-26(19-8-11-20(29)12-9-19)23-15-10-18-4-2-3-5-22(18)25(23)30-28(31)34-24/h2-9,11-14,16,26H,10,15H2,1H3/b24-16+/t26-/m1/s1. The van der Waals surface area contributed by atoms with E-state index in [9.17, 15) is 4.79 Å². The number of ether oxygens (including phenoxy) is 1. The van der Waals surface area contributed by atoms with Crippen LogP contribution in [0, 0.1) is 0 Å². The average molecular weight is 485 g/mol. The van der Waals surface area contributed by atoms with Crippen molar-refractivity contribution in [3.63, 3.8) is 0 Å². The smallest absolute Gasteiger partial charge is 0.271 e. The van der Waals surface area contributed by atoms with Gasteiger partial charge in [-0.15, -0.1) is 0 Å². The Kier molecular flexibility index (Phi) is 5.24. The van der Waals surface area contributed by atoms with Crippen molar-refractivity contribution in [3.8, 4) is 5.75 Å². The quantitative estimate of drug-likeness (QED) is 0.411. The second-order valence-electron chi connectivity index (χ2n) is 8.44. The summed E-state index contributed by atoms with van der Waals surface area (Å²) in [5.74, 6) is 0.785. The van der Waals surface area contributed by atoms with Crippen molar-refractivity contribution in [2.45, 2.75) is 18.9 Å². The highest BCUT2D eigenvalue weighted by Gasteiger charge is 2.32. The Balaban J connectivity index is 1.59. The molecule has 0 radical (unpaired) electrons. The molecule has 6 heteroatoms. The highest BCUT2D eigenvalue weighted by atomic mass is 35.5. The molecule has 1 aromatic heterocycles. The molecule has 34 heavy (non-hydrogen) atoms. The number of methoxy groups -OCH3 is 1. The van der Waals surface area contributed by atoms with Crippen LogP contribution < -0.4 is 19.6 Å². The fraction of sp³-hybridized carbons (Fsp3) is 0.143. The molecule has 4 nitrogen and oxygen atoms in total. The van der Waals surface area contributed by atoms with Gasteiger partial charge in [-0.3, -0.25) is 9.36 Å². The topological polar surface area (TPSA) is 43.6 Å². The maximum absolute atomic E-state index is 13.7. The van der Waals surface area contributed by atoms with E-state index >= 15 is 0 Å². The van der Waals surface area contributed by atoms with Crippen LogP contribution >= 0.6 is 22.9 Å². The Bertz CT molecular complexity index is 1610. The summed E-state index contributed by atoms with van der Waals surface area (Å²) in [5.41, 5.74) is 6.62. The van der Waals surface area contributed by atoms with Gasteiger partial charge in [0, 0.05) is 10.6 Å². The zero-order valence-electron chi connectivity index (χ0n) is 18.5. The zero-order chi connectivity index (χ0) is 23.2. The summed E-state index contributed by atoms with van der Waals surface area (Å²) in [6, 6.07) is 23.8. The lowest BCUT2D eigenvalue weighted by Crippen LogP contribution is -2.38. The van der Waals surface area contributed by atoms with Crippen LogP contribution in [0.4, 0.5) is 0 Å². The van der Waals surface area contributed by atoms with Crippen LogP contribution in [-0.2, 0) is 6.42 Å². The number of benzene rings is 3. The Morgan fingerprint density at radius 1 is 1.03 bits per heavy atom. The zero-order valence-corrected chi connectivity index (χ0v) is 20.1. The van der Waals surface area contributed by atoms with Crippen LogP contribution in [0.2, 0.25) is 5.02 Å². The van der Waals surface area contributed by atoms with Gasteiger partial charge in [-0.2, -0.15) is 0 Å². The van der Waals surface area contributed by atoms with Crippen molar-refractivity contribution in [1.29, 1.82) is 0 Å². The van der Waals surface area contributed by atoms with E-state index in [0.717, 1.165) is 45.8 Å². The number of aromatic nitrogens is 1. The molecule has 1 aliphatic carbocycles. The first-order valence-corrected chi connectivity index (χ1v) is 12.3. The molecule has 2 aliphatic rings. The normalized spacial score (nSPS) is 17.0. The van der Waals surface area contributed by atoms with Gasteiger partial charge in [-0.1, -0.05) is 71.5 Å². The Labute approximate surface area is 205 Å². The molecule has 3 aromatic carbocycles. The van der Waals surface area contributed by atoms with Gasteiger partial charge in [0.2, 0.25) is 0 Å². The van der Waals surface area contributed by atoms with Crippen LogP contribution in [0.15, 0.2) is 88.2 Å². The molecule has 0 N–H and O–H groups in total. The van der Waals surface area contributed by atoms with Crippen LogP contribution in [0.25, 0.3) is 11.8 Å². The lowest BCUT2D eigenvalue weighted by molar-refractivity contribution is 0.415. The second-order valence-corrected chi connectivity index (χ2v) is 9.88. The summed E-state index contributed by atoms with van der Waals surface area (Å²) in [7, 11) is 1.64. The minimum atomic E-state index is -0.199. The molecule has 168 valence electrons. The molecule has 0 fully saturated rings. The van der Waals surface area contributed by atoms with E-state index in [4.69, 9.17) is 21.3 Å². The molecule has 1 aliphatic heterocycles. The van der Waals surface area contributed by atoms with E-state index in [0.29, 0.717) is 9.55 Å². The van der Waals surface area contributed by atoms with Gasteiger partial charge in [0.15, 0.2) is 4.80 Å². The molecular formula is C28H21ClN2O2S. The van der Waals surface area contributed by atoms with Crippen LogP contribution in [0.3, 0.4) is 0 Å². The molecule has 0 saturated heterocycles. The number of hydrogen-bond acceptors (Lipinski definition) is 4. The van der Waals surface area contributed by atoms with Crippen molar-refractivity contribution >= 4 is 34.7 Å². The third-order valence-electron chi connectivity index (χ3n) is 6.47. The van der Waals surface area contributed by atoms with Gasteiger partial charge >= 0.3 is 0 Å². The van der Waals surface area contributed by atoms with Crippen molar-refractivity contribution in [2.24, 2.45) is 4.99 Å². The molecule has 1 atom stereocenters. The van der Waals surface area contributed by atoms with E-state index in [2.05, 4.69) is 24.3 Å². The maximum Gasteiger partial charge on any atom is 0.271 e. The Hall–Kier alpha value is -3.41. The third-order valence-corrected chi connectivity index (χ3v) is 7.71. The molecule has 0 unspecified atom stereocenters. The van der Waals surface area contributed by atoms with Gasteiger partial charge in [-0.25, -0.2) is 4.99 Å². The third kappa shape index (κ3) is 3.52. The summed E-state index contributed by atoms with van der Waals surface area (Å²) in [6.07, 6.45) is 3.73. The monoisotopic (exact) mass is 484 g/mol. The fourth-order valence-electron chi connectivity index (χ4n) is 4.82. The molecule has 0 amide bonds. The predicted octanol–water partition coefficient (Wildman–Crippen LogP) is 4.98. The van der Waals surface area contributed by atoms with Gasteiger partial charge in [0.1, 0.15) is 5.75 Å². The van der Waals surface area contributed by atoms with E-state index in [1.807, 2.05) is 59.2 Å². The molecule has 6 rings (SSSR count). The average Bonchev–Trinajstić information content (AvgIpc) is 3.18. The van der Waals surface area contributed by atoms with Gasteiger partial charge in [-0.05, 0) is 65.4 Å². The first-order chi connectivity index (χ1) is 16.6. The van der Waals surface area contributed by atoms with Crippen molar-refractivity contribution < 1.29 is 4.74 Å². The van der Waals surface area contributed by atoms with Crippen molar-refractivity contribution in [2.75, 3.05) is 7.11 Å². The highest BCUT2D eigenvalue weighted by molar-refractivity contribution is 7.07. The lowest BCUT2D eigenvalue weighted by atomic mass is 9.83. The van der Waals surface area contributed by atoms with Gasteiger partial charge < -0.3 is 4.74 Å². The molecular weight excluding hydrogens is 464 g/mol. The summed E-state index contributed by atoms with van der Waals surface area (Å²) in [5, 5.41) is 0.679. The summed E-state index contributed by atoms with van der Waals surface area (Å²) >= 11 is 7.63. The number of nitrogens with zero attached hydrogens (tertiary/aromatic N) is 2. The van der Waals surface area contributed by atoms with E-state index in [1.165, 1.54) is 22.5 Å². The largest absolute Gasteiger partial charge is 0.497 e. The molecule has 2 heterocycles. The van der Waals surface area contributed by atoms with Gasteiger partial charge in [0.25, 0.3) is 5.56 Å². The Morgan fingerprint density at radius 3 is 2.56 bits per heavy atom. The minimum absolute atomic E-state index is 0.0232. The Morgan fingerprint density at radius 2 is 1.79 bits per heavy atom. The second kappa shape index (κ2) is 8.42. The van der Waals surface area contributed by atoms with E-state index < -0.39 is 0 Å². The molecule has 0 spiro atoms. The first kappa shape index (κ1) is 21.1. The van der Waals surface area contributed by atoms with Gasteiger partial charge in [0.05, 0.1) is 23.4 Å². The predicted molar refractivity (Wildman–Crippen MR) is 137 cm³/mol. The number of aryl methyl sites for hydroxylation is 1. The number of thiazole rings is 1. The summed E-state index contributed by atoms with van der Waals surface area (Å²) in [4.78, 5) is 19.5. The van der Waals surface area contributed by atoms with E-state index in [1.54, 1.807) is 7.11 Å². The lowest BCUT2D eigenvalue weighted by Gasteiger charge is -2.30. The molecule has 4 aromatic rings. The number of halogens is 1. The van der Waals surface area contributed by atoms with Crippen LogP contribution in [0.5, 0.6) is 5.75 Å². The van der Waals surface area contributed by atoms with Crippen LogP contribution in [-0.4, -0.2) is 11.7 Å². The minimum Gasteiger partial charge on any atom is -0.497 e. The SMILES string of the molecule is COc1ccc(/C=c2/sc3n(c2=O)[C@H](c2ccc(Cl)cc2)C2=C(N=3)c3ccccc3CC2)cc1. The summed E-state index contributed by atoms with van der Waals surface area (Å²) in [6.45, 7) is 0. The molecule has 0 saturated carbocycles. The summed E-state index contributed by atoms with van der Waals surface area (Å²) < 4.78 is 7.78. The molecule has 0 bridgehead atoms. The number of fused-ring (bicyclic) bond motifs is 3. The fourth-order valence-corrected chi connectivity index (χ4v) is 5.95. The van der Waals surface area contributed by atoms with Crippen molar-refractivity contribution in [3.05, 3.63) is 125 Å². The number of hydrogen-bond donors (Lipinski definition) is 0. The number of allylic oxidation sites excluding steroid dienone is 1. The van der Waals surface area contributed by atoms with Crippen LogP contribution in [0.1, 0.15) is 34.7 Å². The maximum atomic E-state index is 13.7. The van der Waals surface area contributed by atoms with Crippen molar-refractivity contribution in [1.82, 2.24) is 4.57 Å². The highest BCUT2D eigenvalue weighted by Crippen LogP contribution is 2.41. The first-order valence-electron chi connectivity index (χ1n) is 11.1. The number of rotatable bonds is 3.